The third kappa shape index (κ3) is 4.48. The standard InChI is InChI=1S/C12H19BrN2OS/c1-7(2)5-9-11(13)12(17)15-10(14-9)6-8(3)16-4/h7-8H,5-6H2,1-4H3,(H,14,15,17). The summed E-state index contributed by atoms with van der Waals surface area (Å²) in [5, 5.41) is 0. The minimum Gasteiger partial charge on any atom is -0.381 e. The highest BCUT2D eigenvalue weighted by molar-refractivity contribution is 9.10. The quantitative estimate of drug-likeness (QED) is 0.842. The number of hydrogen-bond acceptors (Lipinski definition) is 3. The Morgan fingerprint density at radius 3 is 2.53 bits per heavy atom. The van der Waals surface area contributed by atoms with Crippen molar-refractivity contribution in [2.75, 3.05) is 7.11 Å². The summed E-state index contributed by atoms with van der Waals surface area (Å²) in [7, 11) is 1.70. The first-order chi connectivity index (χ1) is 7.93. The number of ether oxygens (including phenoxy) is 1. The largest absolute Gasteiger partial charge is 0.381 e. The zero-order valence-electron chi connectivity index (χ0n) is 10.7. The lowest BCUT2D eigenvalue weighted by molar-refractivity contribution is 0.117. The van der Waals surface area contributed by atoms with Gasteiger partial charge in [-0.15, -0.1) is 0 Å². The van der Waals surface area contributed by atoms with Crippen LogP contribution in [-0.4, -0.2) is 23.2 Å². The van der Waals surface area contributed by atoms with Gasteiger partial charge in [-0.05, 0) is 35.2 Å². The minimum absolute atomic E-state index is 0.140. The predicted molar refractivity (Wildman–Crippen MR) is 75.8 cm³/mol. The van der Waals surface area contributed by atoms with Crippen LogP contribution in [-0.2, 0) is 17.6 Å². The van der Waals surface area contributed by atoms with E-state index in [1.165, 1.54) is 0 Å². The fourth-order valence-corrected chi connectivity index (χ4v) is 2.14. The van der Waals surface area contributed by atoms with Crippen LogP contribution in [0.2, 0.25) is 0 Å². The molecule has 0 radical (unpaired) electrons. The maximum Gasteiger partial charge on any atom is 0.144 e. The molecule has 0 amide bonds. The Morgan fingerprint density at radius 2 is 2.00 bits per heavy atom. The molecule has 1 N–H and O–H groups in total. The number of halogens is 1. The molecule has 1 rings (SSSR count). The van der Waals surface area contributed by atoms with Crippen molar-refractivity contribution in [3.63, 3.8) is 0 Å². The van der Waals surface area contributed by atoms with E-state index >= 15 is 0 Å². The summed E-state index contributed by atoms with van der Waals surface area (Å²) in [6.07, 6.45) is 1.85. The van der Waals surface area contributed by atoms with Crippen molar-refractivity contribution >= 4 is 28.1 Å². The number of nitrogens with zero attached hydrogens (tertiary/aromatic N) is 1. The molecule has 96 valence electrons. The van der Waals surface area contributed by atoms with Crippen molar-refractivity contribution in [2.24, 2.45) is 5.92 Å². The Kier molecular flexibility index (Phi) is 5.76. The third-order valence-electron chi connectivity index (χ3n) is 2.48. The average Bonchev–Trinajstić information content (AvgIpc) is 2.24. The Morgan fingerprint density at radius 1 is 1.35 bits per heavy atom. The van der Waals surface area contributed by atoms with E-state index in [2.05, 4.69) is 39.7 Å². The van der Waals surface area contributed by atoms with Gasteiger partial charge < -0.3 is 9.72 Å². The molecule has 0 saturated heterocycles. The highest BCUT2D eigenvalue weighted by Crippen LogP contribution is 2.19. The van der Waals surface area contributed by atoms with Gasteiger partial charge in [-0.1, -0.05) is 26.1 Å². The zero-order chi connectivity index (χ0) is 13.0. The van der Waals surface area contributed by atoms with Crippen molar-refractivity contribution in [3.8, 4) is 0 Å². The number of nitrogens with one attached hydrogen (secondary N) is 1. The van der Waals surface area contributed by atoms with Crippen LogP contribution in [0.15, 0.2) is 4.47 Å². The first-order valence-electron chi connectivity index (χ1n) is 5.74. The molecule has 1 atom stereocenters. The summed E-state index contributed by atoms with van der Waals surface area (Å²) >= 11 is 8.75. The van der Waals surface area contributed by atoms with Gasteiger partial charge in [0.25, 0.3) is 0 Å². The number of aromatic amines is 1. The van der Waals surface area contributed by atoms with Crippen molar-refractivity contribution < 1.29 is 4.74 Å². The fraction of sp³-hybridized carbons (Fsp3) is 0.667. The Labute approximate surface area is 116 Å². The van der Waals surface area contributed by atoms with Gasteiger partial charge in [-0.25, -0.2) is 4.98 Å². The van der Waals surface area contributed by atoms with Gasteiger partial charge in [0.2, 0.25) is 0 Å². The Hall–Kier alpha value is -0.260. The van der Waals surface area contributed by atoms with E-state index in [1.54, 1.807) is 7.11 Å². The number of methoxy groups -OCH3 is 1. The van der Waals surface area contributed by atoms with Crippen molar-refractivity contribution in [1.29, 1.82) is 0 Å². The van der Waals surface area contributed by atoms with E-state index in [9.17, 15) is 0 Å². The van der Waals surface area contributed by atoms with Gasteiger partial charge in [0, 0.05) is 19.2 Å². The topological polar surface area (TPSA) is 37.9 Å². The van der Waals surface area contributed by atoms with Crippen molar-refractivity contribution in [1.82, 2.24) is 9.97 Å². The maximum atomic E-state index is 5.25. The van der Waals surface area contributed by atoms with E-state index in [1.807, 2.05) is 6.92 Å². The van der Waals surface area contributed by atoms with Gasteiger partial charge in [0.1, 0.15) is 10.5 Å². The molecule has 0 fully saturated rings. The molecule has 3 nitrogen and oxygen atoms in total. The van der Waals surface area contributed by atoms with Gasteiger partial charge in [-0.3, -0.25) is 0 Å². The highest BCUT2D eigenvalue weighted by Gasteiger charge is 2.10. The lowest BCUT2D eigenvalue weighted by Gasteiger charge is -2.13. The molecule has 0 aliphatic rings. The Bertz CT molecular complexity index is 431. The molecular formula is C12H19BrN2OS. The van der Waals surface area contributed by atoms with Crippen LogP contribution < -0.4 is 0 Å². The summed E-state index contributed by atoms with van der Waals surface area (Å²) in [4.78, 5) is 7.71. The van der Waals surface area contributed by atoms with Crippen LogP contribution in [0.1, 0.15) is 32.3 Å². The SMILES string of the molecule is COC(C)Cc1nc(=S)c(Br)c(CC(C)C)[nH]1. The lowest BCUT2D eigenvalue weighted by Crippen LogP contribution is -2.13. The second-order valence-corrected chi connectivity index (χ2v) is 5.81. The lowest BCUT2D eigenvalue weighted by atomic mass is 10.1. The third-order valence-corrected chi connectivity index (χ3v) is 3.89. The molecular weight excluding hydrogens is 300 g/mol. The van der Waals surface area contributed by atoms with Crippen LogP contribution in [0, 0.1) is 10.6 Å². The first-order valence-corrected chi connectivity index (χ1v) is 6.94. The second-order valence-electron chi connectivity index (χ2n) is 4.63. The zero-order valence-corrected chi connectivity index (χ0v) is 13.1. The van der Waals surface area contributed by atoms with Crippen LogP contribution >= 0.6 is 28.1 Å². The molecule has 1 unspecified atom stereocenters. The summed E-state index contributed by atoms with van der Waals surface area (Å²) in [5.74, 6) is 1.47. The number of H-pyrrole nitrogens is 1. The van der Waals surface area contributed by atoms with Gasteiger partial charge in [-0.2, -0.15) is 0 Å². The predicted octanol–water partition coefficient (Wildman–Crippen LogP) is 3.68. The number of aromatic nitrogens is 2. The van der Waals surface area contributed by atoms with E-state index in [4.69, 9.17) is 17.0 Å². The molecule has 0 aromatic carbocycles. The minimum atomic E-state index is 0.140. The smallest absolute Gasteiger partial charge is 0.144 e. The van der Waals surface area contributed by atoms with E-state index < -0.39 is 0 Å². The molecule has 17 heavy (non-hydrogen) atoms. The van der Waals surface area contributed by atoms with E-state index in [-0.39, 0.29) is 6.10 Å². The average molecular weight is 319 g/mol. The van der Waals surface area contributed by atoms with Crippen molar-refractivity contribution in [3.05, 3.63) is 20.6 Å². The van der Waals surface area contributed by atoms with Crippen LogP contribution in [0.3, 0.4) is 0 Å². The van der Waals surface area contributed by atoms with E-state index in [0.29, 0.717) is 10.6 Å². The summed E-state index contributed by atoms with van der Waals surface area (Å²) in [6.45, 7) is 6.38. The first kappa shape index (κ1) is 14.8. The van der Waals surface area contributed by atoms with Gasteiger partial charge in [0.15, 0.2) is 0 Å². The summed E-state index contributed by atoms with van der Waals surface area (Å²) < 4.78 is 6.77. The van der Waals surface area contributed by atoms with Crippen molar-refractivity contribution in [2.45, 2.75) is 39.7 Å². The number of hydrogen-bond donors (Lipinski definition) is 1. The second kappa shape index (κ2) is 6.61. The molecule has 0 saturated carbocycles. The van der Waals surface area contributed by atoms with Crippen LogP contribution in [0.4, 0.5) is 0 Å². The molecule has 5 heteroatoms. The van der Waals surface area contributed by atoms with E-state index in [0.717, 1.165) is 28.8 Å². The van der Waals surface area contributed by atoms with Gasteiger partial charge >= 0.3 is 0 Å². The highest BCUT2D eigenvalue weighted by atomic mass is 79.9. The normalized spacial score (nSPS) is 13.1. The fourth-order valence-electron chi connectivity index (χ4n) is 1.56. The molecule has 1 heterocycles. The molecule has 0 aliphatic heterocycles. The van der Waals surface area contributed by atoms with Crippen LogP contribution in [0.5, 0.6) is 0 Å². The molecule has 1 aromatic heterocycles. The summed E-state index contributed by atoms with van der Waals surface area (Å²) in [5.41, 5.74) is 1.12. The molecule has 0 bridgehead atoms. The monoisotopic (exact) mass is 318 g/mol. The van der Waals surface area contributed by atoms with Gasteiger partial charge in [0.05, 0.1) is 10.6 Å². The Balaban J connectivity index is 3.01. The number of rotatable bonds is 5. The molecule has 0 spiro atoms. The maximum absolute atomic E-state index is 5.25. The molecule has 1 aromatic rings. The summed E-state index contributed by atoms with van der Waals surface area (Å²) in [6, 6.07) is 0. The van der Waals surface area contributed by atoms with Crippen LogP contribution in [0.25, 0.3) is 0 Å². The molecule has 0 aliphatic carbocycles.